The number of urea groups is 1. The standard InChI is InChI=1S/C32H30F2N6O5S/c1-18-22(8-9-23(33)27(18)34)28-26(31(43)45-2)24(36-29(37-28)30-35-11-14-46-30)17-38-12-13-39-21(15-38)16-40(32(39)44)20-6-3-19(4-7-20)5-10-25(41)42/h3-11,14,21,28H,12-13,15-17H2,1-2H3,(H,36,37)(H,41,42)/b10-5+/t21-,28?/m0/s1. The molecule has 0 aliphatic carbocycles. The van der Waals surface area contributed by atoms with Crippen LogP contribution >= 0.6 is 11.3 Å². The summed E-state index contributed by atoms with van der Waals surface area (Å²) in [6.45, 7) is 3.66. The van der Waals surface area contributed by atoms with E-state index in [-0.39, 0.29) is 29.8 Å². The van der Waals surface area contributed by atoms with Crippen molar-refractivity contribution >= 4 is 46.9 Å². The maximum absolute atomic E-state index is 14.7. The number of anilines is 1. The minimum absolute atomic E-state index is 0.0407. The van der Waals surface area contributed by atoms with E-state index in [1.54, 1.807) is 40.7 Å². The van der Waals surface area contributed by atoms with Crippen molar-refractivity contribution < 1.29 is 33.0 Å². The number of hydrogen-bond acceptors (Lipinski definition) is 9. The number of esters is 1. The Labute approximate surface area is 267 Å². The number of benzene rings is 2. The van der Waals surface area contributed by atoms with E-state index in [4.69, 9.17) is 14.8 Å². The van der Waals surface area contributed by atoms with E-state index >= 15 is 0 Å². The van der Waals surface area contributed by atoms with Crippen molar-refractivity contribution in [1.82, 2.24) is 20.1 Å². The first-order chi connectivity index (χ1) is 22.1. The van der Waals surface area contributed by atoms with Crippen LogP contribution in [0.5, 0.6) is 0 Å². The Balaban J connectivity index is 1.27. The molecule has 2 saturated heterocycles. The number of nitrogens with zero attached hydrogens (tertiary/aromatic N) is 5. The molecule has 2 fully saturated rings. The maximum atomic E-state index is 14.7. The van der Waals surface area contributed by atoms with Gasteiger partial charge in [0, 0.05) is 61.8 Å². The summed E-state index contributed by atoms with van der Waals surface area (Å²) in [4.78, 5) is 52.3. The molecule has 2 atom stereocenters. The molecular weight excluding hydrogens is 618 g/mol. The maximum Gasteiger partial charge on any atom is 0.338 e. The molecular formula is C32H30F2N6O5S. The number of thiazole rings is 1. The van der Waals surface area contributed by atoms with E-state index in [2.05, 4.69) is 15.2 Å². The molecule has 1 unspecified atom stereocenters. The number of carbonyl (C=O) groups is 3. The third-order valence-corrected chi connectivity index (χ3v) is 9.06. The lowest BCUT2D eigenvalue weighted by Gasteiger charge is -2.38. The number of carboxylic acid groups (broad SMARTS) is 1. The number of ether oxygens (including phenoxy) is 1. The average molecular weight is 649 g/mol. The van der Waals surface area contributed by atoms with E-state index in [1.807, 2.05) is 4.90 Å². The number of halogens is 2. The van der Waals surface area contributed by atoms with Gasteiger partial charge < -0.3 is 20.1 Å². The summed E-state index contributed by atoms with van der Waals surface area (Å²) in [5.74, 6) is -3.30. The number of carbonyl (C=O) groups excluding carboxylic acids is 2. The normalized spacial score (nSPS) is 20.2. The summed E-state index contributed by atoms with van der Waals surface area (Å²) in [6.07, 6.45) is 4.17. The third-order valence-electron chi connectivity index (χ3n) is 8.28. The second-order valence-corrected chi connectivity index (χ2v) is 11.9. The highest BCUT2D eigenvalue weighted by atomic mass is 32.1. The van der Waals surface area contributed by atoms with Gasteiger partial charge in [0.05, 0.1) is 18.7 Å². The van der Waals surface area contributed by atoms with Crippen LogP contribution < -0.4 is 10.2 Å². The average Bonchev–Trinajstić information content (AvgIpc) is 3.71. The van der Waals surface area contributed by atoms with Gasteiger partial charge in [-0.2, -0.15) is 0 Å². The fraction of sp³-hybridized carbons (Fsp3) is 0.281. The molecule has 0 bridgehead atoms. The Morgan fingerprint density at radius 1 is 1.15 bits per heavy atom. The predicted octanol–water partition coefficient (Wildman–Crippen LogP) is 3.97. The van der Waals surface area contributed by atoms with Crippen LogP contribution in [0.2, 0.25) is 0 Å². The lowest BCUT2D eigenvalue weighted by molar-refractivity contribution is -0.136. The molecule has 6 rings (SSSR count). The second kappa shape index (κ2) is 12.8. The van der Waals surface area contributed by atoms with Crippen molar-refractivity contribution in [3.05, 3.63) is 98.7 Å². The highest BCUT2D eigenvalue weighted by Crippen LogP contribution is 2.36. The van der Waals surface area contributed by atoms with Gasteiger partial charge in [0.25, 0.3) is 0 Å². The van der Waals surface area contributed by atoms with Gasteiger partial charge in [0.15, 0.2) is 22.5 Å². The number of hydrogen-bond donors (Lipinski definition) is 2. The molecule has 0 radical (unpaired) electrons. The molecule has 3 aliphatic heterocycles. The molecule has 14 heteroatoms. The molecule has 2 amide bonds. The molecule has 2 aromatic carbocycles. The minimum atomic E-state index is -1.04. The number of piperazine rings is 1. The lowest BCUT2D eigenvalue weighted by Crippen LogP contribution is -2.53. The summed E-state index contributed by atoms with van der Waals surface area (Å²) in [6, 6.07) is 8.32. The molecule has 3 aromatic rings. The number of nitrogens with one attached hydrogen (secondary N) is 1. The zero-order valence-electron chi connectivity index (χ0n) is 24.9. The first-order valence-electron chi connectivity index (χ1n) is 14.5. The summed E-state index contributed by atoms with van der Waals surface area (Å²) in [5, 5.41) is 14.5. The van der Waals surface area contributed by atoms with Crippen LogP contribution in [0.25, 0.3) is 6.08 Å². The highest BCUT2D eigenvalue weighted by molar-refractivity contribution is 7.11. The van der Waals surface area contributed by atoms with E-state index < -0.39 is 29.6 Å². The molecule has 3 aliphatic rings. The third kappa shape index (κ3) is 6.00. The number of rotatable bonds is 8. The molecule has 0 saturated carbocycles. The number of amides is 2. The van der Waals surface area contributed by atoms with Crippen molar-refractivity contribution in [3.63, 3.8) is 0 Å². The first kappa shape index (κ1) is 31.0. The zero-order chi connectivity index (χ0) is 32.5. The van der Waals surface area contributed by atoms with Crippen LogP contribution in [0.3, 0.4) is 0 Å². The van der Waals surface area contributed by atoms with Crippen molar-refractivity contribution in [2.24, 2.45) is 4.99 Å². The van der Waals surface area contributed by atoms with Crippen LogP contribution in [0.15, 0.2) is 70.3 Å². The van der Waals surface area contributed by atoms with Crippen LogP contribution in [0.4, 0.5) is 19.3 Å². The molecule has 0 spiro atoms. The Bertz CT molecular complexity index is 1780. The Morgan fingerprint density at radius 2 is 1.93 bits per heavy atom. The Hall–Kier alpha value is -4.95. The van der Waals surface area contributed by atoms with Gasteiger partial charge >= 0.3 is 18.0 Å². The van der Waals surface area contributed by atoms with Crippen LogP contribution in [-0.2, 0) is 14.3 Å². The van der Waals surface area contributed by atoms with Crippen molar-refractivity contribution in [2.75, 3.05) is 44.7 Å². The van der Waals surface area contributed by atoms with Gasteiger partial charge in [-0.05, 0) is 47.9 Å². The van der Waals surface area contributed by atoms with Crippen molar-refractivity contribution in [2.45, 2.75) is 19.0 Å². The first-order valence-corrected chi connectivity index (χ1v) is 15.3. The van der Waals surface area contributed by atoms with Gasteiger partial charge in [0.1, 0.15) is 6.04 Å². The van der Waals surface area contributed by atoms with Gasteiger partial charge in [-0.25, -0.2) is 28.1 Å². The number of fused-ring (bicyclic) bond motifs is 1. The van der Waals surface area contributed by atoms with E-state index in [1.165, 1.54) is 37.5 Å². The monoisotopic (exact) mass is 648 g/mol. The number of carboxylic acids is 1. The van der Waals surface area contributed by atoms with E-state index in [0.717, 1.165) is 12.1 Å². The molecule has 1 aromatic heterocycles. The minimum Gasteiger partial charge on any atom is -0.478 e. The predicted molar refractivity (Wildman–Crippen MR) is 167 cm³/mol. The summed E-state index contributed by atoms with van der Waals surface area (Å²) >= 11 is 1.35. The second-order valence-electron chi connectivity index (χ2n) is 11.0. The highest BCUT2D eigenvalue weighted by Gasteiger charge is 2.42. The van der Waals surface area contributed by atoms with Gasteiger partial charge in [0.2, 0.25) is 0 Å². The topological polar surface area (TPSA) is 128 Å². The lowest BCUT2D eigenvalue weighted by atomic mass is 9.92. The van der Waals surface area contributed by atoms with Gasteiger partial charge in [-0.1, -0.05) is 18.2 Å². The number of aliphatic carboxylic acids is 1. The fourth-order valence-corrected chi connectivity index (χ4v) is 6.58. The fourth-order valence-electron chi connectivity index (χ4n) is 6.00. The smallest absolute Gasteiger partial charge is 0.338 e. The molecule has 11 nitrogen and oxygen atoms in total. The Kier molecular flexibility index (Phi) is 8.65. The molecule has 4 heterocycles. The molecule has 46 heavy (non-hydrogen) atoms. The van der Waals surface area contributed by atoms with Gasteiger partial charge in [-0.3, -0.25) is 14.8 Å². The SMILES string of the molecule is COC(=O)C1=C(CN2CCN3C(=O)N(c4ccc(/C=C/C(=O)O)cc4)C[C@@H]3C2)NC(c2nccs2)=NC1c1ccc(F)c(F)c1C. The molecule has 2 N–H and O–H groups in total. The number of methoxy groups -OCH3 is 1. The van der Waals surface area contributed by atoms with E-state index in [9.17, 15) is 23.2 Å². The van der Waals surface area contributed by atoms with Crippen molar-refractivity contribution in [3.8, 4) is 0 Å². The largest absolute Gasteiger partial charge is 0.478 e. The van der Waals surface area contributed by atoms with Crippen LogP contribution in [0, 0.1) is 18.6 Å². The summed E-state index contributed by atoms with van der Waals surface area (Å²) < 4.78 is 34.0. The molecule has 238 valence electrons. The van der Waals surface area contributed by atoms with Crippen LogP contribution in [0.1, 0.15) is 27.7 Å². The van der Waals surface area contributed by atoms with Crippen LogP contribution in [-0.4, -0.2) is 89.6 Å². The summed E-state index contributed by atoms with van der Waals surface area (Å²) in [7, 11) is 1.26. The number of aromatic nitrogens is 1. The zero-order valence-corrected chi connectivity index (χ0v) is 25.8. The van der Waals surface area contributed by atoms with Crippen molar-refractivity contribution in [1.29, 1.82) is 0 Å². The summed E-state index contributed by atoms with van der Waals surface area (Å²) in [5.41, 5.74) is 2.46. The number of amidine groups is 1. The quantitative estimate of drug-likeness (QED) is 0.278. The van der Waals surface area contributed by atoms with E-state index in [0.29, 0.717) is 59.5 Å². The number of aliphatic imine (C=N–C) groups is 1. The van der Waals surface area contributed by atoms with Gasteiger partial charge in [-0.15, -0.1) is 11.3 Å². The Morgan fingerprint density at radius 3 is 2.63 bits per heavy atom.